The molecule has 24 heavy (non-hydrogen) atoms. The second-order valence-corrected chi connectivity index (χ2v) is 5.54. The molecule has 0 unspecified atom stereocenters. The van der Waals surface area contributed by atoms with Crippen molar-refractivity contribution < 1.29 is 14.6 Å². The zero-order valence-electron chi connectivity index (χ0n) is 12.5. The number of pyridine rings is 1. The van der Waals surface area contributed by atoms with Gasteiger partial charge in [0.25, 0.3) is 0 Å². The molecular weight excluding hydrogens is 307 g/mol. The van der Waals surface area contributed by atoms with Crippen LogP contribution >= 0.6 is 0 Å². The number of H-pyrrole nitrogens is 1. The van der Waals surface area contributed by atoms with Crippen molar-refractivity contribution in [1.29, 1.82) is 0 Å². The Morgan fingerprint density at radius 1 is 0.875 bits per heavy atom. The van der Waals surface area contributed by atoms with Crippen LogP contribution in [0.4, 0.5) is 4.39 Å². The summed E-state index contributed by atoms with van der Waals surface area (Å²) in [6, 6.07) is 13.1. The second-order valence-electron chi connectivity index (χ2n) is 5.54. The summed E-state index contributed by atoms with van der Waals surface area (Å²) < 4.78 is 13.7. The van der Waals surface area contributed by atoms with Crippen molar-refractivity contribution >= 4 is 11.0 Å². The number of phenolic OH excluding ortho intramolecular Hbond substituents is 2. The van der Waals surface area contributed by atoms with Gasteiger partial charge in [0, 0.05) is 28.9 Å². The van der Waals surface area contributed by atoms with Crippen LogP contribution in [0.25, 0.3) is 33.3 Å². The second kappa shape index (κ2) is 5.38. The zero-order chi connectivity index (χ0) is 16.7. The smallest absolute Gasteiger partial charge is 0.165 e. The fraction of sp³-hybridized carbons (Fsp3) is 0. The third-order valence-corrected chi connectivity index (χ3v) is 3.99. The Hall–Kier alpha value is -3.34. The highest BCUT2D eigenvalue weighted by Gasteiger charge is 2.11. The van der Waals surface area contributed by atoms with Crippen molar-refractivity contribution in [3.05, 3.63) is 66.7 Å². The Kier molecular flexibility index (Phi) is 3.20. The quantitative estimate of drug-likeness (QED) is 0.511. The van der Waals surface area contributed by atoms with Crippen molar-refractivity contribution in [3.63, 3.8) is 0 Å². The van der Waals surface area contributed by atoms with E-state index < -0.39 is 5.82 Å². The number of aromatic amines is 1. The van der Waals surface area contributed by atoms with E-state index in [1.807, 2.05) is 18.2 Å². The Labute approximate surface area is 136 Å². The summed E-state index contributed by atoms with van der Waals surface area (Å²) in [5.41, 5.74) is 3.97. The molecule has 0 amide bonds. The molecule has 0 aliphatic heterocycles. The number of fused-ring (bicyclic) bond motifs is 1. The van der Waals surface area contributed by atoms with Crippen molar-refractivity contribution in [1.82, 2.24) is 9.97 Å². The van der Waals surface area contributed by atoms with Gasteiger partial charge in [0.1, 0.15) is 11.4 Å². The molecule has 0 saturated heterocycles. The highest BCUT2D eigenvalue weighted by molar-refractivity contribution is 5.95. The monoisotopic (exact) mass is 320 g/mol. The van der Waals surface area contributed by atoms with E-state index in [4.69, 9.17) is 0 Å². The summed E-state index contributed by atoms with van der Waals surface area (Å²) in [5.74, 6) is -0.833. The molecule has 4 nitrogen and oxygen atoms in total. The van der Waals surface area contributed by atoms with Gasteiger partial charge in [-0.1, -0.05) is 18.2 Å². The van der Waals surface area contributed by atoms with Gasteiger partial charge < -0.3 is 15.2 Å². The number of nitrogens with one attached hydrogen (secondary N) is 1. The van der Waals surface area contributed by atoms with Crippen LogP contribution < -0.4 is 0 Å². The van der Waals surface area contributed by atoms with Gasteiger partial charge in [0.2, 0.25) is 0 Å². The Balaban J connectivity index is 1.87. The molecular formula is C19H13FN2O2. The summed E-state index contributed by atoms with van der Waals surface area (Å²) in [4.78, 5) is 7.48. The summed E-state index contributed by atoms with van der Waals surface area (Å²) >= 11 is 0. The van der Waals surface area contributed by atoms with E-state index in [0.29, 0.717) is 11.2 Å². The minimum Gasteiger partial charge on any atom is -0.508 e. The van der Waals surface area contributed by atoms with Crippen LogP contribution in [0.15, 0.2) is 60.9 Å². The van der Waals surface area contributed by atoms with E-state index in [9.17, 15) is 14.6 Å². The Morgan fingerprint density at radius 2 is 1.62 bits per heavy atom. The van der Waals surface area contributed by atoms with E-state index in [1.165, 1.54) is 12.1 Å². The van der Waals surface area contributed by atoms with E-state index in [2.05, 4.69) is 9.97 Å². The normalized spacial score (nSPS) is 11.0. The fourth-order valence-electron chi connectivity index (χ4n) is 2.73. The van der Waals surface area contributed by atoms with Crippen molar-refractivity contribution in [2.75, 3.05) is 0 Å². The van der Waals surface area contributed by atoms with E-state index in [1.54, 1.807) is 30.6 Å². The molecule has 0 saturated carbocycles. The minimum absolute atomic E-state index is 0.203. The maximum absolute atomic E-state index is 13.7. The van der Waals surface area contributed by atoms with Crippen LogP contribution in [-0.2, 0) is 0 Å². The van der Waals surface area contributed by atoms with Gasteiger partial charge in [-0.15, -0.1) is 0 Å². The maximum atomic E-state index is 13.7. The number of nitrogens with zero attached hydrogens (tertiary/aromatic N) is 1. The van der Waals surface area contributed by atoms with Gasteiger partial charge >= 0.3 is 0 Å². The van der Waals surface area contributed by atoms with Crippen LogP contribution in [0.1, 0.15) is 0 Å². The Morgan fingerprint density at radius 3 is 2.38 bits per heavy atom. The van der Waals surface area contributed by atoms with Gasteiger partial charge in [0.15, 0.2) is 11.6 Å². The summed E-state index contributed by atoms with van der Waals surface area (Å²) in [7, 11) is 0. The first kappa shape index (κ1) is 14.3. The largest absolute Gasteiger partial charge is 0.508 e. The molecule has 0 spiro atoms. The predicted octanol–water partition coefficient (Wildman–Crippen LogP) is 4.45. The lowest BCUT2D eigenvalue weighted by Crippen LogP contribution is -1.83. The highest BCUT2D eigenvalue weighted by atomic mass is 19.1. The molecule has 0 atom stereocenters. The van der Waals surface area contributed by atoms with Crippen LogP contribution in [0.5, 0.6) is 11.5 Å². The third kappa shape index (κ3) is 2.36. The lowest BCUT2D eigenvalue weighted by atomic mass is 10.0. The zero-order valence-corrected chi connectivity index (χ0v) is 12.5. The molecule has 2 aromatic carbocycles. The number of phenols is 2. The SMILES string of the molecule is Oc1ccc(-c2cnc3[nH]cc(-c4ccc(O)c(F)c4)c3c2)cc1. The molecule has 3 N–H and O–H groups in total. The summed E-state index contributed by atoms with van der Waals surface area (Å²) in [6.07, 6.45) is 3.51. The minimum atomic E-state index is -0.663. The van der Waals surface area contributed by atoms with Gasteiger partial charge in [0.05, 0.1) is 0 Å². The number of hydrogen-bond donors (Lipinski definition) is 3. The van der Waals surface area contributed by atoms with Crippen LogP contribution in [0.2, 0.25) is 0 Å². The number of benzene rings is 2. The Bertz CT molecular complexity index is 1040. The molecule has 4 rings (SSSR count). The molecule has 118 valence electrons. The van der Waals surface area contributed by atoms with Crippen LogP contribution in [0.3, 0.4) is 0 Å². The number of rotatable bonds is 2. The number of halogens is 1. The average Bonchev–Trinajstić information content (AvgIpc) is 3.01. The molecule has 4 aromatic rings. The van der Waals surface area contributed by atoms with Gasteiger partial charge in [-0.2, -0.15) is 0 Å². The molecule has 2 heterocycles. The first-order valence-corrected chi connectivity index (χ1v) is 7.37. The van der Waals surface area contributed by atoms with Gasteiger partial charge in [-0.05, 0) is 41.5 Å². The molecule has 0 bridgehead atoms. The van der Waals surface area contributed by atoms with Gasteiger partial charge in [-0.25, -0.2) is 9.37 Å². The maximum Gasteiger partial charge on any atom is 0.165 e. The molecule has 0 aliphatic carbocycles. The molecule has 0 radical (unpaired) electrons. The fourth-order valence-corrected chi connectivity index (χ4v) is 2.73. The third-order valence-electron chi connectivity index (χ3n) is 3.99. The van der Waals surface area contributed by atoms with Crippen LogP contribution in [0, 0.1) is 5.82 Å². The van der Waals surface area contributed by atoms with Crippen molar-refractivity contribution in [2.24, 2.45) is 0 Å². The molecule has 2 aromatic heterocycles. The lowest BCUT2D eigenvalue weighted by Gasteiger charge is -2.04. The molecule has 0 fully saturated rings. The lowest BCUT2D eigenvalue weighted by molar-refractivity contribution is 0.432. The number of aromatic nitrogens is 2. The van der Waals surface area contributed by atoms with Gasteiger partial charge in [-0.3, -0.25) is 0 Å². The number of hydrogen-bond acceptors (Lipinski definition) is 3. The predicted molar refractivity (Wildman–Crippen MR) is 90.3 cm³/mol. The average molecular weight is 320 g/mol. The van der Waals surface area contributed by atoms with E-state index in [-0.39, 0.29) is 11.5 Å². The number of aromatic hydroxyl groups is 2. The summed E-state index contributed by atoms with van der Waals surface area (Å²) in [6.45, 7) is 0. The topological polar surface area (TPSA) is 69.1 Å². The van der Waals surface area contributed by atoms with Crippen molar-refractivity contribution in [2.45, 2.75) is 0 Å². The first-order valence-electron chi connectivity index (χ1n) is 7.37. The van der Waals surface area contributed by atoms with E-state index in [0.717, 1.165) is 22.1 Å². The van der Waals surface area contributed by atoms with Crippen LogP contribution in [-0.4, -0.2) is 20.2 Å². The van der Waals surface area contributed by atoms with E-state index >= 15 is 0 Å². The standard InChI is InChI=1S/C19H13FN2O2/c20-17-8-12(3-6-18(17)24)16-10-22-19-15(16)7-13(9-21-19)11-1-4-14(23)5-2-11/h1-10,23-24H,(H,21,22). The first-order chi connectivity index (χ1) is 11.6. The highest BCUT2D eigenvalue weighted by Crippen LogP contribution is 2.32. The molecule has 0 aliphatic rings. The molecule has 5 heteroatoms. The summed E-state index contributed by atoms with van der Waals surface area (Å²) in [5, 5.41) is 19.6. The van der Waals surface area contributed by atoms with Crippen molar-refractivity contribution in [3.8, 4) is 33.8 Å².